The van der Waals surface area contributed by atoms with Crippen molar-refractivity contribution in [1.82, 2.24) is 4.90 Å². The van der Waals surface area contributed by atoms with Crippen LogP contribution in [0.2, 0.25) is 0 Å². The van der Waals surface area contributed by atoms with E-state index < -0.39 is 5.97 Å². The number of nitrogens with one attached hydrogen (secondary N) is 1. The van der Waals surface area contributed by atoms with Crippen LogP contribution >= 0.6 is 0 Å². The van der Waals surface area contributed by atoms with Gasteiger partial charge in [0.15, 0.2) is 6.61 Å². The number of benzene rings is 3. The van der Waals surface area contributed by atoms with Crippen LogP contribution in [0, 0.1) is 6.92 Å². The molecule has 0 aliphatic carbocycles. The molecule has 0 heterocycles. The largest absolute Gasteiger partial charge is 0.452 e. The number of ether oxygens (including phenoxy) is 1. The first kappa shape index (κ1) is 21.8. The van der Waals surface area contributed by atoms with Crippen molar-refractivity contribution in [3.63, 3.8) is 0 Å². The summed E-state index contributed by atoms with van der Waals surface area (Å²) in [4.78, 5) is 39.0. The summed E-state index contributed by atoms with van der Waals surface area (Å²) in [5, 5.41) is 2.74. The molecular weight excluding hydrogens is 392 g/mol. The Bertz CT molecular complexity index is 1080. The molecule has 158 valence electrons. The number of nitrogens with zero attached hydrogens (tertiary/aromatic N) is 1. The van der Waals surface area contributed by atoms with Gasteiger partial charge in [0.2, 0.25) is 0 Å². The molecule has 0 aromatic heterocycles. The number of carbonyl (C=O) groups is 3. The first-order valence-electron chi connectivity index (χ1n) is 9.86. The zero-order chi connectivity index (χ0) is 22.2. The van der Waals surface area contributed by atoms with Crippen LogP contribution in [0.15, 0.2) is 78.9 Å². The summed E-state index contributed by atoms with van der Waals surface area (Å²) < 4.78 is 5.21. The highest BCUT2D eigenvalue weighted by Crippen LogP contribution is 2.18. The molecule has 3 aromatic rings. The lowest BCUT2D eigenvalue weighted by atomic mass is 10.1. The van der Waals surface area contributed by atoms with Crippen molar-refractivity contribution < 1.29 is 19.1 Å². The maximum atomic E-state index is 12.6. The van der Waals surface area contributed by atoms with Crippen LogP contribution in [0.4, 0.5) is 5.69 Å². The Labute approximate surface area is 181 Å². The van der Waals surface area contributed by atoms with Gasteiger partial charge >= 0.3 is 5.97 Å². The number of esters is 1. The van der Waals surface area contributed by atoms with Gasteiger partial charge in [0.25, 0.3) is 11.8 Å². The molecule has 0 fully saturated rings. The number of rotatable bonds is 7. The first-order valence-corrected chi connectivity index (χ1v) is 9.86. The number of aryl methyl sites for hydroxylation is 1. The highest BCUT2D eigenvalue weighted by Gasteiger charge is 2.18. The molecule has 31 heavy (non-hydrogen) atoms. The lowest BCUT2D eigenvalue weighted by Gasteiger charge is -2.17. The van der Waals surface area contributed by atoms with Gasteiger partial charge in [-0.1, -0.05) is 60.2 Å². The van der Waals surface area contributed by atoms with Crippen molar-refractivity contribution in [1.29, 1.82) is 0 Å². The molecule has 0 aliphatic rings. The molecule has 0 saturated carbocycles. The van der Waals surface area contributed by atoms with Crippen molar-refractivity contribution in [3.8, 4) is 0 Å². The van der Waals surface area contributed by atoms with Crippen molar-refractivity contribution >= 4 is 23.5 Å². The van der Waals surface area contributed by atoms with E-state index in [1.165, 1.54) is 4.90 Å². The van der Waals surface area contributed by atoms with Crippen LogP contribution in [-0.2, 0) is 16.1 Å². The second kappa shape index (κ2) is 10.2. The van der Waals surface area contributed by atoms with Crippen LogP contribution in [0.5, 0.6) is 0 Å². The zero-order valence-electron chi connectivity index (χ0n) is 17.5. The first-order chi connectivity index (χ1) is 14.9. The molecule has 0 unspecified atom stereocenters. The highest BCUT2D eigenvalue weighted by molar-refractivity contribution is 6.08. The molecule has 0 aliphatic heterocycles. The molecule has 0 saturated heterocycles. The third-order valence-corrected chi connectivity index (χ3v) is 4.69. The number of carbonyl (C=O) groups excluding carboxylic acids is 3. The quantitative estimate of drug-likeness (QED) is 0.590. The van der Waals surface area contributed by atoms with Gasteiger partial charge in [-0.25, -0.2) is 4.79 Å². The molecule has 3 rings (SSSR count). The third-order valence-electron chi connectivity index (χ3n) is 4.69. The lowest BCUT2D eigenvalue weighted by molar-refractivity contribution is -0.133. The number of amides is 2. The minimum absolute atomic E-state index is 0.182. The molecule has 0 spiro atoms. The predicted molar refractivity (Wildman–Crippen MR) is 119 cm³/mol. The van der Waals surface area contributed by atoms with Gasteiger partial charge in [-0.2, -0.15) is 0 Å². The zero-order valence-corrected chi connectivity index (χ0v) is 17.5. The van der Waals surface area contributed by atoms with Crippen LogP contribution in [0.25, 0.3) is 0 Å². The van der Waals surface area contributed by atoms with E-state index in [4.69, 9.17) is 4.74 Å². The van der Waals surface area contributed by atoms with Gasteiger partial charge in [0.1, 0.15) is 0 Å². The summed E-state index contributed by atoms with van der Waals surface area (Å²) in [5.74, 6) is -1.33. The molecule has 0 atom stereocenters. The van der Waals surface area contributed by atoms with Crippen LogP contribution in [0.3, 0.4) is 0 Å². The van der Waals surface area contributed by atoms with Crippen LogP contribution < -0.4 is 5.32 Å². The molecule has 3 aromatic carbocycles. The number of hydrogen-bond acceptors (Lipinski definition) is 4. The Kier molecular flexibility index (Phi) is 7.17. The van der Waals surface area contributed by atoms with E-state index in [0.29, 0.717) is 17.8 Å². The number of likely N-dealkylation sites (N-methyl/N-ethyl adjacent to an activating group) is 1. The smallest absolute Gasteiger partial charge is 0.340 e. The average molecular weight is 416 g/mol. The fourth-order valence-corrected chi connectivity index (χ4v) is 3.01. The topological polar surface area (TPSA) is 75.7 Å². The second-order valence-electron chi connectivity index (χ2n) is 7.18. The summed E-state index contributed by atoms with van der Waals surface area (Å²) >= 11 is 0. The van der Waals surface area contributed by atoms with E-state index in [9.17, 15) is 14.4 Å². The Morgan fingerprint density at radius 3 is 2.35 bits per heavy atom. The van der Waals surface area contributed by atoms with Gasteiger partial charge < -0.3 is 15.0 Å². The SMILES string of the molecule is Cc1cccc(C(=O)Nc2ccccc2C(=O)OCC(=O)N(C)Cc2ccccc2)c1. The predicted octanol–water partition coefficient (Wildman–Crippen LogP) is 4.06. The third kappa shape index (κ3) is 6.02. The molecule has 0 radical (unpaired) electrons. The van der Waals surface area contributed by atoms with Gasteiger partial charge in [-0.3, -0.25) is 9.59 Å². The Morgan fingerprint density at radius 2 is 1.61 bits per heavy atom. The van der Waals surface area contributed by atoms with E-state index >= 15 is 0 Å². The maximum Gasteiger partial charge on any atom is 0.340 e. The Balaban J connectivity index is 1.61. The van der Waals surface area contributed by atoms with Crippen molar-refractivity contribution in [2.24, 2.45) is 0 Å². The van der Waals surface area contributed by atoms with E-state index in [1.54, 1.807) is 49.5 Å². The molecule has 0 bridgehead atoms. The summed E-state index contributed by atoms with van der Waals surface area (Å²) in [7, 11) is 1.65. The fourth-order valence-electron chi connectivity index (χ4n) is 3.01. The average Bonchev–Trinajstić information content (AvgIpc) is 2.78. The molecular formula is C25H24N2O4. The Morgan fingerprint density at radius 1 is 0.903 bits per heavy atom. The van der Waals surface area contributed by atoms with E-state index in [0.717, 1.165) is 11.1 Å². The van der Waals surface area contributed by atoms with Gasteiger partial charge in [0.05, 0.1) is 11.3 Å². The van der Waals surface area contributed by atoms with Crippen LogP contribution in [-0.4, -0.2) is 36.3 Å². The highest BCUT2D eigenvalue weighted by atomic mass is 16.5. The second-order valence-corrected chi connectivity index (χ2v) is 7.18. The molecule has 1 N–H and O–H groups in total. The fraction of sp³-hybridized carbons (Fsp3) is 0.160. The standard InChI is InChI=1S/C25H24N2O4/c1-18-9-8-12-20(15-18)24(29)26-22-14-7-6-13-21(22)25(30)31-17-23(28)27(2)16-19-10-4-3-5-11-19/h3-15H,16-17H2,1-2H3,(H,26,29). The normalized spacial score (nSPS) is 10.3. The minimum atomic E-state index is -0.679. The monoisotopic (exact) mass is 416 g/mol. The van der Waals surface area contributed by atoms with Crippen molar-refractivity contribution in [2.45, 2.75) is 13.5 Å². The van der Waals surface area contributed by atoms with E-state index in [1.807, 2.05) is 43.3 Å². The number of hydrogen-bond donors (Lipinski definition) is 1. The molecule has 2 amide bonds. The van der Waals surface area contributed by atoms with E-state index in [2.05, 4.69) is 5.32 Å². The Hall–Kier alpha value is -3.93. The van der Waals surface area contributed by atoms with Gasteiger partial charge in [-0.15, -0.1) is 0 Å². The van der Waals surface area contributed by atoms with Gasteiger partial charge in [0, 0.05) is 19.2 Å². The summed E-state index contributed by atoms with van der Waals surface area (Å²) in [6, 6.07) is 23.2. The van der Waals surface area contributed by atoms with Gasteiger partial charge in [-0.05, 0) is 36.8 Å². The number of anilines is 1. The molecule has 6 heteroatoms. The van der Waals surface area contributed by atoms with E-state index in [-0.39, 0.29) is 24.0 Å². The maximum absolute atomic E-state index is 12.6. The summed E-state index contributed by atoms with van der Waals surface area (Å²) in [5.41, 5.74) is 2.93. The summed E-state index contributed by atoms with van der Waals surface area (Å²) in [6.07, 6.45) is 0. The van der Waals surface area contributed by atoms with Crippen LogP contribution in [0.1, 0.15) is 31.8 Å². The minimum Gasteiger partial charge on any atom is -0.452 e. The van der Waals surface area contributed by atoms with Crippen molar-refractivity contribution in [2.75, 3.05) is 19.0 Å². The summed E-state index contributed by atoms with van der Waals surface area (Å²) in [6.45, 7) is 1.93. The molecule has 6 nitrogen and oxygen atoms in total. The number of para-hydroxylation sites is 1. The lowest BCUT2D eigenvalue weighted by Crippen LogP contribution is -2.31. The van der Waals surface area contributed by atoms with Crippen molar-refractivity contribution in [3.05, 3.63) is 101 Å².